The summed E-state index contributed by atoms with van der Waals surface area (Å²) in [5, 5.41) is 13.3. The Balaban J connectivity index is 2.45. The van der Waals surface area contributed by atoms with E-state index in [9.17, 15) is 24.3 Å². The van der Waals surface area contributed by atoms with E-state index in [-0.39, 0.29) is 35.6 Å². The van der Waals surface area contributed by atoms with Crippen LogP contribution in [-0.2, 0) is 30.2 Å². The number of carbonyl (C=O) groups excluding carboxylic acids is 3. The van der Waals surface area contributed by atoms with Crippen molar-refractivity contribution in [3.63, 3.8) is 0 Å². The molecule has 0 saturated heterocycles. The van der Waals surface area contributed by atoms with Gasteiger partial charge in [0.05, 0.1) is 0 Å². The second-order valence-electron chi connectivity index (χ2n) is 12.4. The van der Waals surface area contributed by atoms with Crippen molar-refractivity contribution >= 4 is 24.4 Å². The van der Waals surface area contributed by atoms with Gasteiger partial charge in [0.2, 0.25) is 0 Å². The first kappa shape index (κ1) is 36.7. The molecule has 0 bridgehead atoms. The van der Waals surface area contributed by atoms with Crippen LogP contribution in [0.25, 0.3) is 0 Å². The lowest BCUT2D eigenvalue weighted by molar-refractivity contribution is -0.168. The van der Waals surface area contributed by atoms with E-state index < -0.39 is 41.4 Å². The highest BCUT2D eigenvalue weighted by atomic mass is 16.8. The topological polar surface area (TPSA) is 156 Å². The molecule has 0 aromatic heterocycles. The van der Waals surface area contributed by atoms with E-state index in [1.807, 2.05) is 20.8 Å². The van der Waals surface area contributed by atoms with Crippen LogP contribution in [0.3, 0.4) is 0 Å². The van der Waals surface area contributed by atoms with E-state index in [1.54, 1.807) is 34.6 Å². The molecule has 1 aromatic rings. The Kier molecular flexibility index (Phi) is 13.3. The molecule has 2 atom stereocenters. The summed E-state index contributed by atoms with van der Waals surface area (Å²) in [4.78, 5) is 50.9. The number of rotatable bonds is 14. The standard InChI is InChI=1S/C32H49NO11/c1-9-21(4)33-32(26(34)35,44-27(36)39-23-15-13-12-14-16-23)20-22-17-18-24(40-28(37)42-30(5,6)10-2)25(19-22)41-29(38)43-31(7,8)11-3/h17-19,21,23,33H,9-16,20H2,1-8H3,(H,34,35)/t21?,32-/m0/s1. The van der Waals surface area contributed by atoms with Gasteiger partial charge in [0.25, 0.3) is 5.72 Å². The number of hydrogen-bond donors (Lipinski definition) is 2. The first-order valence-corrected chi connectivity index (χ1v) is 15.4. The Morgan fingerprint density at radius 2 is 1.39 bits per heavy atom. The molecule has 1 aliphatic carbocycles. The van der Waals surface area contributed by atoms with Crippen molar-refractivity contribution in [2.45, 2.75) is 142 Å². The maximum Gasteiger partial charge on any atom is 0.514 e. The normalized spacial score (nSPS) is 16.2. The van der Waals surface area contributed by atoms with Gasteiger partial charge in [-0.25, -0.2) is 19.2 Å². The molecular formula is C32H49NO11. The summed E-state index contributed by atoms with van der Waals surface area (Å²) < 4.78 is 32.6. The van der Waals surface area contributed by atoms with Crippen molar-refractivity contribution in [2.24, 2.45) is 0 Å². The van der Waals surface area contributed by atoms with Gasteiger partial charge in [0.15, 0.2) is 11.5 Å². The molecular weight excluding hydrogens is 574 g/mol. The van der Waals surface area contributed by atoms with Gasteiger partial charge in [-0.15, -0.1) is 0 Å². The summed E-state index contributed by atoms with van der Waals surface area (Å²) in [5.74, 6) is -1.83. The maximum absolute atomic E-state index is 12.9. The average molecular weight is 624 g/mol. The molecule has 248 valence electrons. The fraction of sp³-hybridized carbons (Fsp3) is 0.688. The molecule has 44 heavy (non-hydrogen) atoms. The first-order chi connectivity index (χ1) is 20.5. The zero-order valence-electron chi connectivity index (χ0n) is 27.3. The third-order valence-corrected chi connectivity index (χ3v) is 7.78. The second kappa shape index (κ2) is 16.0. The molecule has 0 radical (unpaired) electrons. The summed E-state index contributed by atoms with van der Waals surface area (Å²) >= 11 is 0. The van der Waals surface area contributed by atoms with E-state index in [4.69, 9.17) is 28.4 Å². The smallest absolute Gasteiger partial charge is 0.477 e. The Morgan fingerprint density at radius 1 is 0.841 bits per heavy atom. The van der Waals surface area contributed by atoms with Crippen molar-refractivity contribution in [1.29, 1.82) is 0 Å². The Morgan fingerprint density at radius 3 is 1.89 bits per heavy atom. The molecule has 0 aliphatic heterocycles. The highest BCUT2D eigenvalue weighted by Crippen LogP contribution is 2.33. The number of nitrogens with one attached hydrogen (secondary N) is 1. The molecule has 2 rings (SSSR count). The number of hydrogen-bond acceptors (Lipinski definition) is 11. The van der Waals surface area contributed by atoms with Crippen LogP contribution in [0.4, 0.5) is 14.4 Å². The molecule has 0 spiro atoms. The number of carbonyl (C=O) groups is 4. The molecule has 0 heterocycles. The van der Waals surface area contributed by atoms with Crippen LogP contribution < -0.4 is 14.8 Å². The minimum absolute atomic E-state index is 0.162. The summed E-state index contributed by atoms with van der Waals surface area (Å²) in [5.41, 5.74) is -3.60. The zero-order chi connectivity index (χ0) is 33.1. The molecule has 12 heteroatoms. The maximum atomic E-state index is 12.9. The van der Waals surface area contributed by atoms with Crippen LogP contribution in [-0.4, -0.2) is 58.6 Å². The predicted octanol–water partition coefficient (Wildman–Crippen LogP) is 7.29. The average Bonchev–Trinajstić information content (AvgIpc) is 2.94. The molecule has 1 unspecified atom stereocenters. The predicted molar refractivity (Wildman–Crippen MR) is 161 cm³/mol. The Labute approximate surface area is 260 Å². The van der Waals surface area contributed by atoms with Gasteiger partial charge in [-0.1, -0.05) is 33.3 Å². The van der Waals surface area contributed by atoms with E-state index in [2.05, 4.69) is 5.32 Å². The molecule has 12 nitrogen and oxygen atoms in total. The monoisotopic (exact) mass is 623 g/mol. The van der Waals surface area contributed by atoms with E-state index in [0.717, 1.165) is 19.3 Å². The Hall–Kier alpha value is -3.54. The van der Waals surface area contributed by atoms with Gasteiger partial charge in [0, 0.05) is 12.5 Å². The van der Waals surface area contributed by atoms with Gasteiger partial charge in [-0.05, 0) is 97.3 Å². The summed E-state index contributed by atoms with van der Waals surface area (Å²) in [6.45, 7) is 14.1. The minimum Gasteiger partial charge on any atom is -0.477 e. The van der Waals surface area contributed by atoms with Gasteiger partial charge in [-0.3, -0.25) is 5.32 Å². The van der Waals surface area contributed by atoms with Crippen LogP contribution in [0.1, 0.15) is 112 Å². The van der Waals surface area contributed by atoms with Crippen molar-refractivity contribution in [3.05, 3.63) is 23.8 Å². The van der Waals surface area contributed by atoms with Gasteiger partial charge in [-0.2, -0.15) is 0 Å². The van der Waals surface area contributed by atoms with Gasteiger partial charge in [0.1, 0.15) is 17.3 Å². The van der Waals surface area contributed by atoms with Crippen LogP contribution >= 0.6 is 0 Å². The van der Waals surface area contributed by atoms with Gasteiger partial charge >= 0.3 is 24.4 Å². The molecule has 1 fully saturated rings. The summed E-state index contributed by atoms with van der Waals surface area (Å²) in [6.07, 6.45) is 1.86. The highest BCUT2D eigenvalue weighted by molar-refractivity contribution is 5.80. The number of benzene rings is 1. The third-order valence-electron chi connectivity index (χ3n) is 7.78. The van der Waals surface area contributed by atoms with Crippen LogP contribution in [0.5, 0.6) is 11.5 Å². The van der Waals surface area contributed by atoms with E-state index in [0.29, 0.717) is 32.1 Å². The zero-order valence-corrected chi connectivity index (χ0v) is 27.3. The van der Waals surface area contributed by atoms with Crippen LogP contribution in [0.15, 0.2) is 18.2 Å². The van der Waals surface area contributed by atoms with Crippen LogP contribution in [0.2, 0.25) is 0 Å². The minimum atomic E-state index is -2.23. The SMILES string of the molecule is CCC(C)N[C@@](Cc1ccc(OC(=O)OC(C)(C)CC)c(OC(=O)OC(C)(C)CC)c1)(OC(=O)OC1CCCCC1)C(=O)O. The third kappa shape index (κ3) is 11.5. The molecule has 1 aromatic carbocycles. The van der Waals surface area contributed by atoms with E-state index >= 15 is 0 Å². The van der Waals surface area contributed by atoms with Crippen molar-refractivity contribution in [2.75, 3.05) is 0 Å². The molecule has 1 aliphatic rings. The molecule has 1 saturated carbocycles. The first-order valence-electron chi connectivity index (χ1n) is 15.4. The van der Waals surface area contributed by atoms with Crippen molar-refractivity contribution < 1.29 is 52.7 Å². The summed E-state index contributed by atoms with van der Waals surface area (Å²) in [6, 6.07) is 3.75. The number of carboxylic acid groups (broad SMARTS) is 1. The van der Waals surface area contributed by atoms with E-state index in [1.165, 1.54) is 18.2 Å². The number of aliphatic carboxylic acids is 1. The Bertz CT molecular complexity index is 1140. The molecule has 0 amide bonds. The highest BCUT2D eigenvalue weighted by Gasteiger charge is 2.45. The lowest BCUT2D eigenvalue weighted by atomic mass is 9.98. The quantitative estimate of drug-likeness (QED) is 0.0924. The molecule has 2 N–H and O–H groups in total. The fourth-order valence-electron chi connectivity index (χ4n) is 4.21. The summed E-state index contributed by atoms with van der Waals surface area (Å²) in [7, 11) is 0. The number of carboxylic acids is 1. The largest absolute Gasteiger partial charge is 0.514 e. The number of ether oxygens (including phenoxy) is 6. The van der Waals surface area contributed by atoms with Gasteiger partial charge < -0.3 is 33.5 Å². The lowest BCUT2D eigenvalue weighted by Crippen LogP contribution is -2.59. The lowest BCUT2D eigenvalue weighted by Gasteiger charge is -2.33. The van der Waals surface area contributed by atoms with Crippen molar-refractivity contribution in [3.8, 4) is 11.5 Å². The van der Waals surface area contributed by atoms with Crippen molar-refractivity contribution in [1.82, 2.24) is 5.32 Å². The fourth-order valence-corrected chi connectivity index (χ4v) is 4.21. The van der Waals surface area contributed by atoms with Crippen LogP contribution in [0, 0.1) is 0 Å². The second-order valence-corrected chi connectivity index (χ2v) is 12.4.